The van der Waals surface area contributed by atoms with Crippen molar-refractivity contribution in [3.8, 4) is 0 Å². The Bertz CT molecular complexity index is 501. The van der Waals surface area contributed by atoms with Gasteiger partial charge in [0.2, 0.25) is 5.89 Å². The van der Waals surface area contributed by atoms with Gasteiger partial charge in [0.05, 0.1) is 25.9 Å². The Morgan fingerprint density at radius 3 is 2.85 bits per heavy atom. The molecule has 1 atom stereocenters. The minimum atomic E-state index is -0.567. The van der Waals surface area contributed by atoms with Gasteiger partial charge in [0.1, 0.15) is 0 Å². The Kier molecular flexibility index (Phi) is 5.67. The summed E-state index contributed by atoms with van der Waals surface area (Å²) in [7, 11) is 0. The van der Waals surface area contributed by atoms with Crippen LogP contribution in [-0.2, 0) is 17.9 Å². The molecule has 0 aliphatic carbocycles. The van der Waals surface area contributed by atoms with E-state index in [1.54, 1.807) is 6.92 Å². The second-order valence-corrected chi connectivity index (χ2v) is 4.52. The lowest BCUT2D eigenvalue weighted by atomic mass is 10.2. The van der Waals surface area contributed by atoms with Crippen molar-refractivity contribution in [1.29, 1.82) is 0 Å². The van der Waals surface area contributed by atoms with Gasteiger partial charge in [-0.3, -0.25) is 0 Å². The summed E-state index contributed by atoms with van der Waals surface area (Å²) in [6.45, 7) is 3.40. The fourth-order valence-electron chi connectivity index (χ4n) is 1.70. The summed E-state index contributed by atoms with van der Waals surface area (Å²) < 4.78 is 10.4. The molecule has 108 valence electrons. The second-order valence-electron chi connectivity index (χ2n) is 4.52. The van der Waals surface area contributed by atoms with Crippen LogP contribution < -0.4 is 5.32 Å². The normalized spacial score (nSPS) is 12.5. The van der Waals surface area contributed by atoms with Crippen LogP contribution in [0.5, 0.6) is 0 Å². The van der Waals surface area contributed by atoms with Crippen LogP contribution in [0.4, 0.5) is 0 Å². The molecular formula is C14H19N3O3. The highest BCUT2D eigenvalue weighted by atomic mass is 16.5. The number of rotatable bonds is 8. The van der Waals surface area contributed by atoms with E-state index in [0.29, 0.717) is 31.4 Å². The van der Waals surface area contributed by atoms with Crippen LogP contribution >= 0.6 is 0 Å². The third-order valence-electron chi connectivity index (χ3n) is 2.65. The predicted octanol–water partition coefficient (Wildman–Crippen LogP) is 1.05. The summed E-state index contributed by atoms with van der Waals surface area (Å²) in [5.74, 6) is 1.12. The van der Waals surface area contributed by atoms with Crippen molar-refractivity contribution in [2.75, 3.05) is 13.2 Å². The van der Waals surface area contributed by atoms with Gasteiger partial charge in [-0.2, -0.15) is 4.98 Å². The summed E-state index contributed by atoms with van der Waals surface area (Å²) in [6, 6.07) is 9.86. The zero-order valence-corrected chi connectivity index (χ0v) is 11.5. The van der Waals surface area contributed by atoms with Crippen LogP contribution in [0.15, 0.2) is 34.9 Å². The molecule has 0 fully saturated rings. The molecule has 6 heteroatoms. The van der Waals surface area contributed by atoms with Gasteiger partial charge < -0.3 is 19.7 Å². The molecule has 1 aromatic heterocycles. The van der Waals surface area contributed by atoms with Crippen molar-refractivity contribution in [2.45, 2.75) is 26.2 Å². The molecule has 20 heavy (non-hydrogen) atoms. The SMILES string of the molecule is Cc1noc(CNCC(O)COCc2ccccc2)n1. The first-order valence-corrected chi connectivity index (χ1v) is 6.53. The molecule has 0 radical (unpaired) electrons. The largest absolute Gasteiger partial charge is 0.389 e. The fourth-order valence-corrected chi connectivity index (χ4v) is 1.70. The number of aryl methyl sites for hydroxylation is 1. The van der Waals surface area contributed by atoms with E-state index < -0.39 is 6.10 Å². The van der Waals surface area contributed by atoms with Crippen molar-refractivity contribution in [2.24, 2.45) is 0 Å². The maximum Gasteiger partial charge on any atom is 0.240 e. The van der Waals surface area contributed by atoms with Crippen LogP contribution in [0.3, 0.4) is 0 Å². The number of benzene rings is 1. The van der Waals surface area contributed by atoms with Crippen molar-refractivity contribution in [3.63, 3.8) is 0 Å². The molecule has 1 unspecified atom stereocenters. The van der Waals surface area contributed by atoms with E-state index in [9.17, 15) is 5.11 Å². The van der Waals surface area contributed by atoms with Crippen LogP contribution in [0.1, 0.15) is 17.3 Å². The topological polar surface area (TPSA) is 80.4 Å². The molecule has 0 spiro atoms. The summed E-state index contributed by atoms with van der Waals surface area (Å²) in [5, 5.41) is 16.5. The number of aliphatic hydroxyl groups is 1. The third kappa shape index (κ3) is 5.08. The number of aliphatic hydroxyl groups excluding tert-OH is 1. The van der Waals surface area contributed by atoms with Gasteiger partial charge in [-0.05, 0) is 12.5 Å². The smallest absolute Gasteiger partial charge is 0.240 e. The van der Waals surface area contributed by atoms with Crippen LogP contribution in [-0.4, -0.2) is 34.5 Å². The summed E-state index contributed by atoms with van der Waals surface area (Å²) in [4.78, 5) is 4.06. The van der Waals surface area contributed by atoms with Gasteiger partial charge in [-0.1, -0.05) is 35.5 Å². The minimum absolute atomic E-state index is 0.282. The highest BCUT2D eigenvalue weighted by Gasteiger charge is 2.06. The molecule has 0 saturated heterocycles. The van der Waals surface area contributed by atoms with E-state index in [2.05, 4.69) is 15.5 Å². The summed E-state index contributed by atoms with van der Waals surface area (Å²) >= 11 is 0. The lowest BCUT2D eigenvalue weighted by molar-refractivity contribution is 0.0284. The van der Waals surface area contributed by atoms with Crippen LogP contribution in [0.2, 0.25) is 0 Å². The highest BCUT2D eigenvalue weighted by molar-refractivity contribution is 5.13. The second kappa shape index (κ2) is 7.74. The zero-order valence-electron chi connectivity index (χ0n) is 11.5. The van der Waals surface area contributed by atoms with E-state index in [-0.39, 0.29) is 6.61 Å². The molecule has 0 amide bonds. The maximum atomic E-state index is 9.76. The van der Waals surface area contributed by atoms with E-state index in [1.807, 2.05) is 30.3 Å². The molecule has 1 heterocycles. The van der Waals surface area contributed by atoms with Crippen molar-refractivity contribution < 1.29 is 14.4 Å². The van der Waals surface area contributed by atoms with E-state index >= 15 is 0 Å². The molecule has 2 N–H and O–H groups in total. The first-order valence-electron chi connectivity index (χ1n) is 6.53. The average molecular weight is 277 g/mol. The average Bonchev–Trinajstić information content (AvgIpc) is 2.86. The van der Waals surface area contributed by atoms with Crippen LogP contribution in [0, 0.1) is 6.92 Å². The Balaban J connectivity index is 1.57. The molecule has 0 bridgehead atoms. The van der Waals surface area contributed by atoms with Gasteiger partial charge >= 0.3 is 0 Å². The van der Waals surface area contributed by atoms with Gasteiger partial charge in [0, 0.05) is 6.54 Å². The Labute approximate surface area is 117 Å². The molecule has 2 aromatic rings. The number of hydrogen-bond acceptors (Lipinski definition) is 6. The monoisotopic (exact) mass is 277 g/mol. The number of hydrogen-bond donors (Lipinski definition) is 2. The predicted molar refractivity (Wildman–Crippen MR) is 72.8 cm³/mol. The molecular weight excluding hydrogens is 258 g/mol. The number of nitrogens with zero attached hydrogens (tertiary/aromatic N) is 2. The first-order chi connectivity index (χ1) is 9.74. The maximum absolute atomic E-state index is 9.76. The number of nitrogens with one attached hydrogen (secondary N) is 1. The molecule has 1 aromatic carbocycles. The third-order valence-corrected chi connectivity index (χ3v) is 2.65. The molecule has 0 saturated carbocycles. The van der Waals surface area contributed by atoms with Gasteiger partial charge in [0.15, 0.2) is 5.82 Å². The van der Waals surface area contributed by atoms with E-state index in [0.717, 1.165) is 5.56 Å². The Morgan fingerprint density at radius 2 is 2.15 bits per heavy atom. The first kappa shape index (κ1) is 14.6. The standard InChI is InChI=1S/C14H19N3O3/c1-11-16-14(20-17-11)8-15-7-13(18)10-19-9-12-5-3-2-4-6-12/h2-6,13,15,18H,7-10H2,1H3. The quantitative estimate of drug-likeness (QED) is 0.750. The molecule has 2 rings (SSSR count). The van der Waals surface area contributed by atoms with Crippen molar-refractivity contribution in [1.82, 2.24) is 15.5 Å². The summed E-state index contributed by atoms with van der Waals surface area (Å²) in [5.41, 5.74) is 1.09. The van der Waals surface area contributed by atoms with Gasteiger partial charge in [-0.15, -0.1) is 0 Å². The zero-order chi connectivity index (χ0) is 14.2. The van der Waals surface area contributed by atoms with Crippen molar-refractivity contribution in [3.05, 3.63) is 47.6 Å². The molecule has 0 aliphatic rings. The number of aromatic nitrogens is 2. The number of ether oxygens (including phenoxy) is 1. The Hall–Kier alpha value is -1.76. The van der Waals surface area contributed by atoms with E-state index in [1.165, 1.54) is 0 Å². The highest BCUT2D eigenvalue weighted by Crippen LogP contribution is 2.01. The van der Waals surface area contributed by atoms with E-state index in [4.69, 9.17) is 9.26 Å². The van der Waals surface area contributed by atoms with Crippen molar-refractivity contribution >= 4 is 0 Å². The lowest BCUT2D eigenvalue weighted by Crippen LogP contribution is -2.30. The fraction of sp³-hybridized carbons (Fsp3) is 0.429. The summed E-state index contributed by atoms with van der Waals surface area (Å²) in [6.07, 6.45) is -0.567. The van der Waals surface area contributed by atoms with Crippen LogP contribution in [0.25, 0.3) is 0 Å². The lowest BCUT2D eigenvalue weighted by Gasteiger charge is -2.11. The molecule has 0 aliphatic heterocycles. The Morgan fingerprint density at radius 1 is 1.35 bits per heavy atom. The van der Waals surface area contributed by atoms with Gasteiger partial charge in [-0.25, -0.2) is 0 Å². The van der Waals surface area contributed by atoms with Gasteiger partial charge in [0.25, 0.3) is 0 Å². The minimum Gasteiger partial charge on any atom is -0.389 e. The molecule has 6 nitrogen and oxygen atoms in total.